The van der Waals surface area contributed by atoms with Gasteiger partial charge >= 0.3 is 5.97 Å². The minimum atomic E-state index is -0.986. The predicted molar refractivity (Wildman–Crippen MR) is 69.1 cm³/mol. The maximum absolute atomic E-state index is 10.7. The molecular weight excluding hydrogens is 254 g/mol. The average Bonchev–Trinajstić information content (AvgIpc) is 2.84. The van der Waals surface area contributed by atoms with Gasteiger partial charge in [0.1, 0.15) is 0 Å². The first kappa shape index (κ1) is 12.4. The molecule has 0 unspecified atom stereocenters. The van der Waals surface area contributed by atoms with E-state index in [0.717, 1.165) is 0 Å². The Morgan fingerprint density at radius 1 is 1.50 bits per heavy atom. The van der Waals surface area contributed by atoms with Crippen LogP contribution in [0, 0.1) is 0 Å². The number of anilines is 1. The van der Waals surface area contributed by atoms with Crippen LogP contribution in [0.1, 0.15) is 10.4 Å². The second kappa shape index (κ2) is 5.55. The van der Waals surface area contributed by atoms with Crippen LogP contribution in [0.25, 0.3) is 0 Å². The smallest absolute Gasteiger partial charge is 0.335 e. The Bertz CT molecular complexity index is 540. The molecule has 18 heavy (non-hydrogen) atoms. The SMILES string of the molecule is O=C(O)c1ccc(NCCn2cccn2)c(Cl)c1. The van der Waals surface area contributed by atoms with Gasteiger partial charge in [0.15, 0.2) is 0 Å². The van der Waals surface area contributed by atoms with Crippen LogP contribution < -0.4 is 5.32 Å². The van der Waals surface area contributed by atoms with Gasteiger partial charge in [0, 0.05) is 18.9 Å². The normalized spacial score (nSPS) is 10.3. The van der Waals surface area contributed by atoms with Crippen LogP contribution in [-0.4, -0.2) is 27.4 Å². The summed E-state index contributed by atoms with van der Waals surface area (Å²) in [5.41, 5.74) is 0.895. The average molecular weight is 266 g/mol. The van der Waals surface area contributed by atoms with Crippen LogP contribution in [0.2, 0.25) is 5.02 Å². The predicted octanol–water partition coefficient (Wildman–Crippen LogP) is 2.35. The fourth-order valence-corrected chi connectivity index (χ4v) is 1.78. The lowest BCUT2D eigenvalue weighted by molar-refractivity contribution is 0.0697. The number of benzene rings is 1. The van der Waals surface area contributed by atoms with Crippen molar-refractivity contribution in [2.45, 2.75) is 6.54 Å². The molecule has 0 saturated carbocycles. The molecule has 0 aliphatic carbocycles. The number of hydrogen-bond donors (Lipinski definition) is 2. The van der Waals surface area contributed by atoms with Crippen LogP contribution in [0.4, 0.5) is 5.69 Å². The molecule has 5 nitrogen and oxygen atoms in total. The molecule has 0 aliphatic rings. The number of carbonyl (C=O) groups is 1. The lowest BCUT2D eigenvalue weighted by atomic mass is 10.2. The number of aromatic carboxylic acids is 1. The molecule has 0 spiro atoms. The van der Waals surface area contributed by atoms with Crippen LogP contribution in [0.15, 0.2) is 36.7 Å². The lowest BCUT2D eigenvalue weighted by Gasteiger charge is -2.09. The molecule has 0 fully saturated rings. The number of halogens is 1. The summed E-state index contributed by atoms with van der Waals surface area (Å²) in [6.45, 7) is 1.37. The number of nitrogens with zero attached hydrogens (tertiary/aromatic N) is 2. The van der Waals surface area contributed by atoms with E-state index in [0.29, 0.717) is 23.8 Å². The first-order chi connectivity index (χ1) is 8.66. The molecule has 94 valence electrons. The van der Waals surface area contributed by atoms with E-state index >= 15 is 0 Å². The Hall–Kier alpha value is -2.01. The summed E-state index contributed by atoms with van der Waals surface area (Å²) in [6, 6.07) is 6.47. The van der Waals surface area contributed by atoms with Gasteiger partial charge in [-0.2, -0.15) is 5.10 Å². The standard InChI is InChI=1S/C12H12ClN3O2/c13-10-8-9(12(17)18)2-3-11(10)14-5-7-16-6-1-4-15-16/h1-4,6,8,14H,5,7H2,(H,17,18). The van der Waals surface area contributed by atoms with E-state index in [4.69, 9.17) is 16.7 Å². The molecule has 0 atom stereocenters. The molecule has 0 amide bonds. The van der Waals surface area contributed by atoms with Crippen molar-refractivity contribution in [1.82, 2.24) is 9.78 Å². The summed E-state index contributed by atoms with van der Waals surface area (Å²) in [5, 5.41) is 16.4. The monoisotopic (exact) mass is 265 g/mol. The summed E-state index contributed by atoms with van der Waals surface area (Å²) in [6.07, 6.45) is 3.59. The fourth-order valence-electron chi connectivity index (χ4n) is 1.53. The third-order valence-corrected chi connectivity index (χ3v) is 2.74. The van der Waals surface area contributed by atoms with Crippen LogP contribution >= 0.6 is 11.6 Å². The van der Waals surface area contributed by atoms with Crippen LogP contribution in [0.5, 0.6) is 0 Å². The summed E-state index contributed by atoms with van der Waals surface area (Å²) < 4.78 is 1.80. The first-order valence-corrected chi connectivity index (χ1v) is 5.79. The molecule has 2 rings (SSSR count). The van der Waals surface area contributed by atoms with Gasteiger partial charge in [-0.15, -0.1) is 0 Å². The second-order valence-corrected chi connectivity index (χ2v) is 4.10. The molecule has 1 heterocycles. The van der Waals surface area contributed by atoms with E-state index < -0.39 is 5.97 Å². The molecule has 0 radical (unpaired) electrons. The van der Waals surface area contributed by atoms with Gasteiger partial charge < -0.3 is 10.4 Å². The third kappa shape index (κ3) is 3.01. The van der Waals surface area contributed by atoms with E-state index in [-0.39, 0.29) is 5.56 Å². The van der Waals surface area contributed by atoms with Gasteiger partial charge in [0.05, 0.1) is 22.8 Å². The minimum absolute atomic E-state index is 0.178. The number of hydrogen-bond acceptors (Lipinski definition) is 3. The topological polar surface area (TPSA) is 67.2 Å². The van der Waals surface area contributed by atoms with Gasteiger partial charge in [0.2, 0.25) is 0 Å². The summed E-state index contributed by atoms with van der Waals surface area (Å²) in [7, 11) is 0. The Morgan fingerprint density at radius 3 is 2.94 bits per heavy atom. The zero-order chi connectivity index (χ0) is 13.0. The maximum atomic E-state index is 10.7. The summed E-state index contributed by atoms with van der Waals surface area (Å²) in [5.74, 6) is -0.986. The Kier molecular flexibility index (Phi) is 3.84. The molecule has 2 aromatic rings. The van der Waals surface area contributed by atoms with Crippen molar-refractivity contribution < 1.29 is 9.90 Å². The lowest BCUT2D eigenvalue weighted by Crippen LogP contribution is -2.11. The second-order valence-electron chi connectivity index (χ2n) is 3.70. The Morgan fingerprint density at radius 2 is 2.33 bits per heavy atom. The van der Waals surface area contributed by atoms with Crippen LogP contribution in [0.3, 0.4) is 0 Å². The van der Waals surface area contributed by atoms with E-state index in [1.165, 1.54) is 12.1 Å². The highest BCUT2D eigenvalue weighted by Crippen LogP contribution is 2.22. The Balaban J connectivity index is 1.95. The van der Waals surface area contributed by atoms with Crippen molar-refractivity contribution in [3.63, 3.8) is 0 Å². The highest BCUT2D eigenvalue weighted by Gasteiger charge is 2.06. The van der Waals surface area contributed by atoms with Gasteiger partial charge in [-0.05, 0) is 24.3 Å². The molecule has 2 N–H and O–H groups in total. The number of carboxylic acids is 1. The van der Waals surface area contributed by atoms with Gasteiger partial charge in [0.25, 0.3) is 0 Å². The molecular formula is C12H12ClN3O2. The largest absolute Gasteiger partial charge is 0.478 e. The van der Waals surface area contributed by atoms with Crippen molar-refractivity contribution in [2.24, 2.45) is 0 Å². The molecule has 0 saturated heterocycles. The number of carboxylic acid groups (broad SMARTS) is 1. The highest BCUT2D eigenvalue weighted by atomic mass is 35.5. The van der Waals surface area contributed by atoms with Gasteiger partial charge in [-0.3, -0.25) is 4.68 Å². The molecule has 1 aromatic carbocycles. The minimum Gasteiger partial charge on any atom is -0.478 e. The van der Waals surface area contributed by atoms with Gasteiger partial charge in [-0.25, -0.2) is 4.79 Å². The van der Waals surface area contributed by atoms with E-state index in [1.807, 2.05) is 12.3 Å². The number of nitrogens with one attached hydrogen (secondary N) is 1. The van der Waals surface area contributed by atoms with E-state index in [2.05, 4.69) is 10.4 Å². The molecule has 1 aromatic heterocycles. The molecule has 0 bridgehead atoms. The Labute approximate surface area is 109 Å². The first-order valence-electron chi connectivity index (χ1n) is 5.41. The van der Waals surface area contributed by atoms with Crippen molar-refractivity contribution in [2.75, 3.05) is 11.9 Å². The van der Waals surface area contributed by atoms with Crippen molar-refractivity contribution >= 4 is 23.3 Å². The third-order valence-electron chi connectivity index (χ3n) is 2.43. The maximum Gasteiger partial charge on any atom is 0.335 e. The zero-order valence-electron chi connectivity index (χ0n) is 9.51. The van der Waals surface area contributed by atoms with Crippen molar-refractivity contribution in [3.8, 4) is 0 Å². The summed E-state index contributed by atoms with van der Waals surface area (Å²) in [4.78, 5) is 10.7. The van der Waals surface area contributed by atoms with Crippen molar-refractivity contribution in [3.05, 3.63) is 47.2 Å². The van der Waals surface area contributed by atoms with E-state index in [9.17, 15) is 4.79 Å². The van der Waals surface area contributed by atoms with E-state index in [1.54, 1.807) is 16.9 Å². The fraction of sp³-hybridized carbons (Fsp3) is 0.167. The number of rotatable bonds is 5. The summed E-state index contributed by atoms with van der Waals surface area (Å²) >= 11 is 5.99. The number of aromatic nitrogens is 2. The quantitative estimate of drug-likeness (QED) is 0.871. The molecule has 0 aliphatic heterocycles. The van der Waals surface area contributed by atoms with Crippen molar-refractivity contribution in [1.29, 1.82) is 0 Å². The zero-order valence-corrected chi connectivity index (χ0v) is 10.3. The molecule has 6 heteroatoms. The van der Waals surface area contributed by atoms with Crippen LogP contribution in [-0.2, 0) is 6.54 Å². The van der Waals surface area contributed by atoms with Gasteiger partial charge in [-0.1, -0.05) is 11.6 Å². The highest BCUT2D eigenvalue weighted by molar-refractivity contribution is 6.33.